The average molecular weight is 290 g/mol. The third-order valence-electron chi connectivity index (χ3n) is 4.19. The minimum Gasteiger partial charge on any atom is -0.481 e. The fourth-order valence-electron chi connectivity index (χ4n) is 2.91. The minimum atomic E-state index is -0.730. The van der Waals surface area contributed by atoms with Crippen molar-refractivity contribution in [2.45, 2.75) is 33.1 Å². The van der Waals surface area contributed by atoms with Crippen LogP contribution in [0.3, 0.4) is 0 Å². The SMILES string of the molecule is Cc1ccc(C)c(N(CCC(=O)O)CCN2CCCC2)c1. The van der Waals surface area contributed by atoms with E-state index in [4.69, 9.17) is 5.11 Å². The summed E-state index contributed by atoms with van der Waals surface area (Å²) in [6, 6.07) is 6.39. The summed E-state index contributed by atoms with van der Waals surface area (Å²) in [5.74, 6) is -0.730. The summed E-state index contributed by atoms with van der Waals surface area (Å²) in [5, 5.41) is 8.98. The van der Waals surface area contributed by atoms with Crippen LogP contribution in [-0.2, 0) is 4.79 Å². The standard InChI is InChI=1S/C17H26N2O2/c1-14-5-6-15(2)16(13-14)19(10-7-17(20)21)12-11-18-8-3-4-9-18/h5-6,13H,3-4,7-12H2,1-2H3,(H,20,21). The molecule has 0 saturated carbocycles. The van der Waals surface area contributed by atoms with Crippen LogP contribution in [0.2, 0.25) is 0 Å². The number of hydrogen-bond acceptors (Lipinski definition) is 3. The van der Waals surface area contributed by atoms with Crippen LogP contribution in [0.1, 0.15) is 30.4 Å². The molecule has 2 rings (SSSR count). The van der Waals surface area contributed by atoms with Crippen LogP contribution in [-0.4, -0.2) is 48.7 Å². The number of anilines is 1. The molecule has 0 unspecified atom stereocenters. The second-order valence-corrected chi connectivity index (χ2v) is 5.97. The van der Waals surface area contributed by atoms with Gasteiger partial charge in [0.1, 0.15) is 0 Å². The summed E-state index contributed by atoms with van der Waals surface area (Å²) in [6.45, 7) is 9.04. The van der Waals surface area contributed by atoms with Crippen molar-refractivity contribution < 1.29 is 9.90 Å². The van der Waals surface area contributed by atoms with Gasteiger partial charge in [-0.1, -0.05) is 12.1 Å². The molecular formula is C17H26N2O2. The van der Waals surface area contributed by atoms with E-state index >= 15 is 0 Å². The molecule has 0 radical (unpaired) electrons. The fourth-order valence-corrected chi connectivity index (χ4v) is 2.91. The van der Waals surface area contributed by atoms with E-state index in [2.05, 4.69) is 41.8 Å². The summed E-state index contributed by atoms with van der Waals surface area (Å²) in [6.07, 6.45) is 2.77. The first-order valence-electron chi connectivity index (χ1n) is 7.82. The number of nitrogens with zero attached hydrogens (tertiary/aromatic N) is 2. The molecule has 1 saturated heterocycles. The predicted molar refractivity (Wildman–Crippen MR) is 86.1 cm³/mol. The highest BCUT2D eigenvalue weighted by Crippen LogP contribution is 2.22. The third kappa shape index (κ3) is 4.74. The Balaban J connectivity index is 2.06. The van der Waals surface area contributed by atoms with Gasteiger partial charge in [-0.3, -0.25) is 4.79 Å². The van der Waals surface area contributed by atoms with Gasteiger partial charge in [-0.2, -0.15) is 0 Å². The molecule has 1 aromatic carbocycles. The molecule has 0 aliphatic carbocycles. The second-order valence-electron chi connectivity index (χ2n) is 5.97. The molecule has 1 aliphatic heterocycles. The molecule has 4 nitrogen and oxygen atoms in total. The van der Waals surface area contributed by atoms with Gasteiger partial charge in [0.15, 0.2) is 0 Å². The number of carboxylic acid groups (broad SMARTS) is 1. The zero-order valence-corrected chi connectivity index (χ0v) is 13.1. The van der Waals surface area contributed by atoms with E-state index in [-0.39, 0.29) is 6.42 Å². The number of benzene rings is 1. The third-order valence-corrected chi connectivity index (χ3v) is 4.19. The Kier molecular flexibility index (Phi) is 5.62. The Labute approximate surface area is 127 Å². The van der Waals surface area contributed by atoms with Gasteiger partial charge in [-0.05, 0) is 57.0 Å². The molecule has 0 bridgehead atoms. The first-order valence-corrected chi connectivity index (χ1v) is 7.82. The molecule has 1 aliphatic rings. The largest absolute Gasteiger partial charge is 0.481 e. The van der Waals surface area contributed by atoms with Crippen LogP contribution in [0, 0.1) is 13.8 Å². The molecule has 0 amide bonds. The maximum absolute atomic E-state index is 10.9. The summed E-state index contributed by atoms with van der Waals surface area (Å²) >= 11 is 0. The van der Waals surface area contributed by atoms with Crippen molar-refractivity contribution in [3.8, 4) is 0 Å². The van der Waals surface area contributed by atoms with E-state index in [1.165, 1.54) is 42.7 Å². The lowest BCUT2D eigenvalue weighted by molar-refractivity contribution is -0.136. The van der Waals surface area contributed by atoms with E-state index in [1.807, 2.05) is 0 Å². The van der Waals surface area contributed by atoms with Crippen LogP contribution in [0.5, 0.6) is 0 Å². The molecule has 116 valence electrons. The molecule has 4 heteroatoms. The van der Waals surface area contributed by atoms with Gasteiger partial charge in [0.05, 0.1) is 6.42 Å². The summed E-state index contributed by atoms with van der Waals surface area (Å²) in [4.78, 5) is 15.6. The van der Waals surface area contributed by atoms with Crippen molar-refractivity contribution in [1.82, 2.24) is 4.90 Å². The number of aliphatic carboxylic acids is 1. The molecule has 1 aromatic rings. The van der Waals surface area contributed by atoms with Gasteiger partial charge in [-0.25, -0.2) is 0 Å². The van der Waals surface area contributed by atoms with E-state index < -0.39 is 5.97 Å². The molecular weight excluding hydrogens is 264 g/mol. The molecule has 1 heterocycles. The summed E-state index contributed by atoms with van der Waals surface area (Å²) in [7, 11) is 0. The number of hydrogen-bond donors (Lipinski definition) is 1. The Morgan fingerprint density at radius 3 is 2.62 bits per heavy atom. The lowest BCUT2D eigenvalue weighted by Gasteiger charge is -2.28. The monoisotopic (exact) mass is 290 g/mol. The van der Waals surface area contributed by atoms with Gasteiger partial charge < -0.3 is 14.9 Å². The Bertz CT molecular complexity index is 482. The molecule has 0 atom stereocenters. The lowest BCUT2D eigenvalue weighted by atomic mass is 10.1. The molecule has 1 fully saturated rings. The van der Waals surface area contributed by atoms with Crippen molar-refractivity contribution in [2.75, 3.05) is 37.6 Å². The number of carboxylic acids is 1. The smallest absolute Gasteiger partial charge is 0.305 e. The number of carbonyl (C=O) groups is 1. The van der Waals surface area contributed by atoms with E-state index in [0.29, 0.717) is 6.54 Å². The van der Waals surface area contributed by atoms with E-state index in [0.717, 1.165) is 13.1 Å². The highest BCUT2D eigenvalue weighted by Gasteiger charge is 2.15. The van der Waals surface area contributed by atoms with Crippen molar-refractivity contribution in [2.24, 2.45) is 0 Å². The quantitative estimate of drug-likeness (QED) is 0.838. The van der Waals surface area contributed by atoms with Crippen LogP contribution in [0.15, 0.2) is 18.2 Å². The molecule has 21 heavy (non-hydrogen) atoms. The van der Waals surface area contributed by atoms with Crippen molar-refractivity contribution in [3.63, 3.8) is 0 Å². The van der Waals surface area contributed by atoms with Crippen LogP contribution in [0.25, 0.3) is 0 Å². The normalized spacial score (nSPS) is 15.3. The Hall–Kier alpha value is -1.55. The maximum atomic E-state index is 10.9. The van der Waals surface area contributed by atoms with Gasteiger partial charge in [-0.15, -0.1) is 0 Å². The second kappa shape index (κ2) is 7.46. The zero-order chi connectivity index (χ0) is 15.2. The van der Waals surface area contributed by atoms with Crippen molar-refractivity contribution in [1.29, 1.82) is 0 Å². The van der Waals surface area contributed by atoms with E-state index in [1.54, 1.807) is 0 Å². The number of aryl methyl sites for hydroxylation is 2. The Morgan fingerprint density at radius 2 is 1.95 bits per heavy atom. The van der Waals surface area contributed by atoms with Gasteiger partial charge in [0.2, 0.25) is 0 Å². The minimum absolute atomic E-state index is 0.188. The first kappa shape index (κ1) is 15.8. The molecule has 1 N–H and O–H groups in total. The van der Waals surface area contributed by atoms with Gasteiger partial charge in [0.25, 0.3) is 0 Å². The fraction of sp³-hybridized carbons (Fsp3) is 0.588. The average Bonchev–Trinajstić information content (AvgIpc) is 2.95. The first-order chi connectivity index (χ1) is 10.1. The van der Waals surface area contributed by atoms with E-state index in [9.17, 15) is 4.79 Å². The highest BCUT2D eigenvalue weighted by atomic mass is 16.4. The molecule has 0 spiro atoms. The summed E-state index contributed by atoms with van der Waals surface area (Å²) in [5.41, 5.74) is 3.61. The lowest BCUT2D eigenvalue weighted by Crippen LogP contribution is -2.35. The zero-order valence-electron chi connectivity index (χ0n) is 13.1. The van der Waals surface area contributed by atoms with Gasteiger partial charge >= 0.3 is 5.97 Å². The highest BCUT2D eigenvalue weighted by molar-refractivity contribution is 5.68. The van der Waals surface area contributed by atoms with Crippen LogP contribution >= 0.6 is 0 Å². The van der Waals surface area contributed by atoms with Crippen LogP contribution in [0.4, 0.5) is 5.69 Å². The maximum Gasteiger partial charge on any atom is 0.305 e. The van der Waals surface area contributed by atoms with Crippen molar-refractivity contribution >= 4 is 11.7 Å². The van der Waals surface area contributed by atoms with Crippen molar-refractivity contribution in [3.05, 3.63) is 29.3 Å². The topological polar surface area (TPSA) is 43.8 Å². The summed E-state index contributed by atoms with van der Waals surface area (Å²) < 4.78 is 0. The van der Waals surface area contributed by atoms with Gasteiger partial charge in [0, 0.05) is 25.3 Å². The molecule has 0 aromatic heterocycles. The number of likely N-dealkylation sites (tertiary alicyclic amines) is 1. The van der Waals surface area contributed by atoms with Crippen LogP contribution < -0.4 is 4.90 Å². The predicted octanol–water partition coefficient (Wildman–Crippen LogP) is 2.68. The Morgan fingerprint density at radius 1 is 1.24 bits per heavy atom. The number of rotatable bonds is 7.